The number of methoxy groups -OCH3 is 1. The summed E-state index contributed by atoms with van der Waals surface area (Å²) >= 11 is 3.08. The Kier molecular flexibility index (Phi) is 6.79. The molecule has 6 nitrogen and oxygen atoms in total. The van der Waals surface area contributed by atoms with Gasteiger partial charge in [0.05, 0.1) is 41.0 Å². The molecule has 1 aromatic heterocycles. The molecule has 3 rings (SSSR count). The third kappa shape index (κ3) is 5.28. The highest BCUT2D eigenvalue weighted by molar-refractivity contribution is 8.01. The monoisotopic (exact) mass is 399 g/mol. The van der Waals surface area contributed by atoms with E-state index in [1.54, 1.807) is 42.7 Å². The van der Waals surface area contributed by atoms with Crippen LogP contribution in [0.2, 0.25) is 0 Å². The highest BCUT2D eigenvalue weighted by Crippen LogP contribution is 2.31. The van der Waals surface area contributed by atoms with Crippen LogP contribution < -0.4 is 5.32 Å². The lowest BCUT2D eigenvalue weighted by atomic mass is 10.1. The van der Waals surface area contributed by atoms with Crippen LogP contribution >= 0.6 is 23.1 Å². The Morgan fingerprint density at radius 1 is 1.30 bits per heavy atom. The Morgan fingerprint density at radius 3 is 3.00 bits per heavy atom. The van der Waals surface area contributed by atoms with Crippen molar-refractivity contribution in [1.82, 2.24) is 4.98 Å². The Hall–Kier alpha value is -2.44. The highest BCUT2D eigenvalue weighted by Gasteiger charge is 2.09. The lowest BCUT2D eigenvalue weighted by Gasteiger charge is -2.05. The molecule has 0 atom stereocenters. The molecular weight excluding hydrogens is 382 g/mol. The zero-order valence-electron chi connectivity index (χ0n) is 14.6. The summed E-state index contributed by atoms with van der Waals surface area (Å²) in [6.07, 6.45) is 0. The number of hydrogen-bond acceptors (Lipinski definition) is 7. The van der Waals surface area contributed by atoms with Gasteiger partial charge in [-0.05, 0) is 36.4 Å². The maximum atomic E-state index is 12.4. The van der Waals surface area contributed by atoms with Gasteiger partial charge in [-0.25, -0.2) is 4.98 Å². The van der Waals surface area contributed by atoms with Gasteiger partial charge in [-0.15, -0.1) is 11.3 Å². The number of thioether (sulfide) groups is 1. The summed E-state index contributed by atoms with van der Waals surface area (Å²) in [6, 6.07) is 14.2. The van der Waals surface area contributed by atoms with Crippen molar-refractivity contribution in [2.45, 2.75) is 4.34 Å². The zero-order valence-corrected chi connectivity index (χ0v) is 16.2. The van der Waals surface area contributed by atoms with E-state index >= 15 is 0 Å². The van der Waals surface area contributed by atoms with Crippen molar-refractivity contribution in [2.75, 3.05) is 31.6 Å². The van der Waals surface area contributed by atoms with Gasteiger partial charge in [0.1, 0.15) is 0 Å². The molecule has 27 heavy (non-hydrogen) atoms. The first kappa shape index (κ1) is 19.3. The van der Waals surface area contributed by atoms with Gasteiger partial charge in [0.15, 0.2) is 4.34 Å². The van der Waals surface area contributed by atoms with Crippen molar-refractivity contribution >= 4 is 44.9 Å². The molecule has 3 aromatic rings. The van der Waals surface area contributed by atoms with Crippen molar-refractivity contribution in [3.8, 4) is 6.07 Å². The van der Waals surface area contributed by atoms with E-state index in [-0.39, 0.29) is 5.91 Å². The smallest absolute Gasteiger partial charge is 0.255 e. The fourth-order valence-electron chi connectivity index (χ4n) is 2.27. The predicted molar refractivity (Wildman–Crippen MR) is 107 cm³/mol. The third-order valence-corrected chi connectivity index (χ3v) is 5.62. The van der Waals surface area contributed by atoms with Crippen LogP contribution in [0.5, 0.6) is 0 Å². The lowest BCUT2D eigenvalue weighted by molar-refractivity contribution is 0.0953. The molecule has 1 amide bonds. The molecule has 0 bridgehead atoms. The maximum absolute atomic E-state index is 12.4. The molecule has 0 aliphatic heterocycles. The van der Waals surface area contributed by atoms with Gasteiger partial charge in [0, 0.05) is 18.4 Å². The van der Waals surface area contributed by atoms with Crippen LogP contribution in [0.4, 0.5) is 5.69 Å². The van der Waals surface area contributed by atoms with Gasteiger partial charge in [-0.2, -0.15) is 5.26 Å². The number of fused-ring (bicyclic) bond motifs is 1. The largest absolute Gasteiger partial charge is 0.382 e. The topological polar surface area (TPSA) is 84.2 Å². The van der Waals surface area contributed by atoms with Gasteiger partial charge >= 0.3 is 0 Å². The maximum Gasteiger partial charge on any atom is 0.255 e. The Balaban J connectivity index is 1.65. The van der Waals surface area contributed by atoms with Crippen molar-refractivity contribution < 1.29 is 14.3 Å². The quantitative estimate of drug-likeness (QED) is 0.348. The van der Waals surface area contributed by atoms with Crippen molar-refractivity contribution in [1.29, 1.82) is 5.26 Å². The van der Waals surface area contributed by atoms with Gasteiger partial charge in [-0.3, -0.25) is 4.79 Å². The van der Waals surface area contributed by atoms with E-state index in [0.717, 1.165) is 14.6 Å². The van der Waals surface area contributed by atoms with E-state index in [1.165, 1.54) is 11.8 Å². The summed E-state index contributed by atoms with van der Waals surface area (Å²) < 4.78 is 12.3. The number of thiazole rings is 1. The molecule has 138 valence electrons. The SMILES string of the molecule is COCCOCSc1nc2ccc(NC(=O)c3cccc(C#N)c3)cc2s1. The standard InChI is InChI=1S/C19H17N3O3S2/c1-24-7-8-25-12-26-19-22-16-6-5-15(10-17(16)27-19)21-18(23)14-4-2-3-13(9-14)11-20/h2-6,9-10H,7-8,12H2,1H3,(H,21,23). The van der Waals surface area contributed by atoms with Crippen molar-refractivity contribution in [2.24, 2.45) is 0 Å². The second kappa shape index (κ2) is 9.48. The number of aromatic nitrogens is 1. The van der Waals surface area contributed by atoms with E-state index < -0.39 is 0 Å². The highest BCUT2D eigenvalue weighted by atomic mass is 32.2. The lowest BCUT2D eigenvalue weighted by Crippen LogP contribution is -2.11. The van der Waals surface area contributed by atoms with Crippen LogP contribution in [0.25, 0.3) is 10.2 Å². The number of hydrogen-bond donors (Lipinski definition) is 1. The summed E-state index contributed by atoms with van der Waals surface area (Å²) in [7, 11) is 1.64. The van der Waals surface area contributed by atoms with Gasteiger partial charge in [0.25, 0.3) is 5.91 Å². The average molecular weight is 399 g/mol. The Morgan fingerprint density at radius 2 is 2.19 bits per heavy atom. The third-order valence-electron chi connectivity index (χ3n) is 3.58. The summed E-state index contributed by atoms with van der Waals surface area (Å²) in [6.45, 7) is 1.12. The number of rotatable bonds is 8. The van der Waals surface area contributed by atoms with E-state index in [4.69, 9.17) is 14.7 Å². The van der Waals surface area contributed by atoms with E-state index in [1.807, 2.05) is 24.3 Å². The number of amides is 1. The number of nitriles is 1. The summed E-state index contributed by atoms with van der Waals surface area (Å²) in [5.74, 6) is 0.263. The molecule has 0 aliphatic carbocycles. The van der Waals surface area contributed by atoms with Crippen LogP contribution in [0.15, 0.2) is 46.8 Å². The van der Waals surface area contributed by atoms with Crippen LogP contribution in [-0.2, 0) is 9.47 Å². The van der Waals surface area contributed by atoms with E-state index in [0.29, 0.717) is 36.0 Å². The molecule has 2 aromatic carbocycles. The number of anilines is 1. The minimum absolute atomic E-state index is 0.253. The van der Waals surface area contributed by atoms with Crippen molar-refractivity contribution in [3.05, 3.63) is 53.6 Å². The summed E-state index contributed by atoms with van der Waals surface area (Å²) in [5, 5.41) is 11.8. The minimum Gasteiger partial charge on any atom is -0.382 e. The average Bonchev–Trinajstić information content (AvgIpc) is 3.10. The number of nitrogens with zero attached hydrogens (tertiary/aromatic N) is 2. The molecule has 0 saturated carbocycles. The molecule has 0 radical (unpaired) electrons. The van der Waals surface area contributed by atoms with Gasteiger partial charge in [0.2, 0.25) is 0 Å². The number of benzene rings is 2. The van der Waals surface area contributed by atoms with Gasteiger partial charge in [-0.1, -0.05) is 17.8 Å². The first-order valence-electron chi connectivity index (χ1n) is 8.11. The molecule has 0 unspecified atom stereocenters. The minimum atomic E-state index is -0.253. The molecule has 0 fully saturated rings. The fourth-order valence-corrected chi connectivity index (χ4v) is 4.12. The number of carbonyl (C=O) groups is 1. The molecule has 0 spiro atoms. The van der Waals surface area contributed by atoms with E-state index in [9.17, 15) is 4.79 Å². The molecule has 8 heteroatoms. The predicted octanol–water partition coefficient (Wildman–Crippen LogP) is 4.13. The Labute approximate surface area is 165 Å². The molecule has 0 saturated heterocycles. The normalized spacial score (nSPS) is 10.7. The summed E-state index contributed by atoms with van der Waals surface area (Å²) in [4.78, 5) is 16.9. The first-order chi connectivity index (χ1) is 13.2. The van der Waals surface area contributed by atoms with E-state index in [2.05, 4.69) is 10.3 Å². The second-order valence-electron chi connectivity index (χ2n) is 5.47. The van der Waals surface area contributed by atoms with Crippen LogP contribution in [0, 0.1) is 11.3 Å². The molecular formula is C19H17N3O3S2. The summed E-state index contributed by atoms with van der Waals surface area (Å²) in [5.41, 5.74) is 2.47. The van der Waals surface area contributed by atoms with Gasteiger partial charge < -0.3 is 14.8 Å². The van der Waals surface area contributed by atoms with Crippen molar-refractivity contribution in [3.63, 3.8) is 0 Å². The van der Waals surface area contributed by atoms with Crippen LogP contribution in [-0.4, -0.2) is 37.2 Å². The number of ether oxygens (including phenoxy) is 2. The Bertz CT molecular complexity index is 982. The zero-order chi connectivity index (χ0) is 19.1. The number of nitrogens with one attached hydrogen (secondary N) is 1. The molecule has 1 N–H and O–H groups in total. The number of carbonyl (C=O) groups excluding carboxylic acids is 1. The fraction of sp³-hybridized carbons (Fsp3) is 0.211. The second-order valence-corrected chi connectivity index (χ2v) is 7.67. The molecule has 1 heterocycles. The molecule has 0 aliphatic rings. The van der Waals surface area contributed by atoms with Crippen LogP contribution in [0.1, 0.15) is 15.9 Å². The first-order valence-corrected chi connectivity index (χ1v) is 9.91. The van der Waals surface area contributed by atoms with Crippen LogP contribution in [0.3, 0.4) is 0 Å².